The van der Waals surface area contributed by atoms with Gasteiger partial charge in [0, 0.05) is 6.54 Å². The van der Waals surface area contributed by atoms with Crippen LogP contribution in [0.15, 0.2) is 0 Å². The van der Waals surface area contributed by atoms with Gasteiger partial charge in [0.05, 0.1) is 5.75 Å². The second-order valence-corrected chi connectivity index (χ2v) is 7.01. The molecule has 2 rings (SSSR count). The molecule has 1 saturated heterocycles. The highest BCUT2D eigenvalue weighted by Crippen LogP contribution is 2.37. The Morgan fingerprint density at radius 2 is 1.71 bits per heavy atom. The van der Waals surface area contributed by atoms with Gasteiger partial charge < -0.3 is 5.11 Å². The van der Waals surface area contributed by atoms with Gasteiger partial charge in [-0.2, -0.15) is 4.31 Å². The van der Waals surface area contributed by atoms with Crippen molar-refractivity contribution < 1.29 is 18.3 Å². The molecule has 0 aromatic heterocycles. The maximum absolute atomic E-state index is 12.1. The molecule has 17 heavy (non-hydrogen) atoms. The maximum atomic E-state index is 12.1. The minimum atomic E-state index is -3.37. The van der Waals surface area contributed by atoms with Gasteiger partial charge in [-0.05, 0) is 25.7 Å². The summed E-state index contributed by atoms with van der Waals surface area (Å²) in [6, 6.07) is 0. The summed E-state index contributed by atoms with van der Waals surface area (Å²) in [6.07, 6.45) is 4.95. The van der Waals surface area contributed by atoms with Crippen LogP contribution < -0.4 is 0 Å². The van der Waals surface area contributed by atoms with E-state index in [0.717, 1.165) is 25.7 Å². The van der Waals surface area contributed by atoms with Crippen LogP contribution in [0.5, 0.6) is 0 Å². The lowest BCUT2D eigenvalue weighted by molar-refractivity contribution is -0.150. The van der Waals surface area contributed by atoms with Crippen molar-refractivity contribution in [3.05, 3.63) is 0 Å². The average molecular weight is 261 g/mol. The highest BCUT2D eigenvalue weighted by molar-refractivity contribution is 7.89. The van der Waals surface area contributed by atoms with Crippen LogP contribution >= 0.6 is 0 Å². The Balaban J connectivity index is 2.35. The number of nitrogens with zero attached hydrogens (tertiary/aromatic N) is 1. The van der Waals surface area contributed by atoms with E-state index in [-0.39, 0.29) is 5.75 Å². The number of carboxylic acids is 1. The molecule has 1 aliphatic heterocycles. The molecule has 1 N–H and O–H groups in total. The lowest BCUT2D eigenvalue weighted by atomic mass is 9.81. The highest BCUT2D eigenvalue weighted by atomic mass is 32.2. The Bertz CT molecular complexity index is 398. The Morgan fingerprint density at radius 3 is 2.24 bits per heavy atom. The second kappa shape index (κ2) is 4.57. The summed E-state index contributed by atoms with van der Waals surface area (Å²) in [7, 11) is -3.37. The third-order valence-corrected chi connectivity index (χ3v) is 5.91. The van der Waals surface area contributed by atoms with Gasteiger partial charge in [-0.3, -0.25) is 4.79 Å². The number of carbonyl (C=O) groups is 1. The van der Waals surface area contributed by atoms with Crippen LogP contribution in [0.2, 0.25) is 0 Å². The number of rotatable bonds is 2. The van der Waals surface area contributed by atoms with Gasteiger partial charge in [0.15, 0.2) is 0 Å². The molecule has 1 aliphatic carbocycles. The van der Waals surface area contributed by atoms with Crippen LogP contribution in [0, 0.1) is 0 Å². The third-order valence-electron chi connectivity index (χ3n) is 3.91. The number of sulfonamides is 1. The Labute approximate surface area is 102 Å². The molecule has 0 radical (unpaired) electrons. The van der Waals surface area contributed by atoms with Gasteiger partial charge in [0.2, 0.25) is 10.0 Å². The fraction of sp³-hybridized carbons (Fsp3) is 0.909. The molecular weight excluding hydrogens is 242 g/mol. The molecule has 0 aromatic carbocycles. The number of carboxylic acid groups (broad SMARTS) is 1. The first-order valence-electron chi connectivity index (χ1n) is 6.23. The van der Waals surface area contributed by atoms with Crippen molar-refractivity contribution >= 4 is 16.0 Å². The van der Waals surface area contributed by atoms with Gasteiger partial charge in [-0.1, -0.05) is 19.3 Å². The minimum absolute atomic E-state index is 0.0992. The molecule has 0 unspecified atom stereocenters. The third kappa shape index (κ3) is 2.20. The first kappa shape index (κ1) is 12.8. The van der Waals surface area contributed by atoms with E-state index < -0.39 is 21.5 Å². The summed E-state index contributed by atoms with van der Waals surface area (Å²) in [6.45, 7) is 0.370. The monoisotopic (exact) mass is 261 g/mol. The molecule has 0 bridgehead atoms. The van der Waals surface area contributed by atoms with Crippen LogP contribution in [0.1, 0.15) is 44.9 Å². The maximum Gasteiger partial charge on any atom is 0.325 e. The Morgan fingerprint density at radius 1 is 1.06 bits per heavy atom. The van der Waals surface area contributed by atoms with E-state index in [1.807, 2.05) is 0 Å². The molecular formula is C11H19NO4S. The van der Waals surface area contributed by atoms with Crippen LogP contribution in [-0.2, 0) is 14.8 Å². The summed E-state index contributed by atoms with van der Waals surface area (Å²) >= 11 is 0. The summed E-state index contributed by atoms with van der Waals surface area (Å²) in [5.41, 5.74) is -1.16. The summed E-state index contributed by atoms with van der Waals surface area (Å²) in [4.78, 5) is 11.6. The summed E-state index contributed by atoms with van der Waals surface area (Å²) in [5.74, 6) is -0.871. The first-order chi connectivity index (χ1) is 7.99. The van der Waals surface area contributed by atoms with Crippen molar-refractivity contribution in [3.63, 3.8) is 0 Å². The van der Waals surface area contributed by atoms with Crippen LogP contribution in [-0.4, -0.2) is 41.6 Å². The zero-order valence-electron chi connectivity index (χ0n) is 9.89. The molecule has 6 heteroatoms. The van der Waals surface area contributed by atoms with Crippen LogP contribution in [0.4, 0.5) is 0 Å². The lowest BCUT2D eigenvalue weighted by Crippen LogP contribution is -2.59. The normalized spacial score (nSPS) is 28.7. The number of hydrogen-bond donors (Lipinski definition) is 1. The fourth-order valence-electron chi connectivity index (χ4n) is 2.98. The van der Waals surface area contributed by atoms with E-state index in [1.54, 1.807) is 0 Å². The van der Waals surface area contributed by atoms with Gasteiger partial charge in [-0.15, -0.1) is 0 Å². The summed E-state index contributed by atoms with van der Waals surface area (Å²) in [5, 5.41) is 9.47. The molecule has 2 fully saturated rings. The van der Waals surface area contributed by atoms with Gasteiger partial charge in [0.25, 0.3) is 0 Å². The summed E-state index contributed by atoms with van der Waals surface area (Å²) < 4.78 is 25.4. The van der Waals surface area contributed by atoms with Gasteiger partial charge >= 0.3 is 5.97 Å². The number of aliphatic carboxylic acids is 1. The number of hydrogen-bond acceptors (Lipinski definition) is 3. The smallest absolute Gasteiger partial charge is 0.325 e. The van der Waals surface area contributed by atoms with Crippen molar-refractivity contribution in [2.24, 2.45) is 0 Å². The van der Waals surface area contributed by atoms with Gasteiger partial charge in [-0.25, -0.2) is 8.42 Å². The molecule has 1 saturated carbocycles. The molecule has 0 aromatic rings. The SMILES string of the molecule is O=C(O)C1(N2CCCCS2(=O)=O)CCCCC1. The zero-order valence-corrected chi connectivity index (χ0v) is 10.7. The molecule has 2 aliphatic rings. The second-order valence-electron chi connectivity index (χ2n) is 4.99. The molecule has 0 spiro atoms. The van der Waals surface area contributed by atoms with E-state index >= 15 is 0 Å². The van der Waals surface area contributed by atoms with Crippen molar-refractivity contribution in [1.29, 1.82) is 0 Å². The topological polar surface area (TPSA) is 74.7 Å². The highest BCUT2D eigenvalue weighted by Gasteiger charge is 2.50. The largest absolute Gasteiger partial charge is 0.480 e. The molecule has 1 heterocycles. The van der Waals surface area contributed by atoms with Gasteiger partial charge in [0.1, 0.15) is 5.54 Å². The van der Waals surface area contributed by atoms with E-state index in [1.165, 1.54) is 4.31 Å². The Hall–Kier alpha value is -0.620. The molecule has 0 amide bonds. The lowest BCUT2D eigenvalue weighted by Gasteiger charge is -2.43. The predicted octanol–water partition coefficient (Wildman–Crippen LogP) is 1.20. The molecule has 0 atom stereocenters. The predicted molar refractivity (Wildman–Crippen MR) is 63.2 cm³/mol. The van der Waals surface area contributed by atoms with E-state index in [9.17, 15) is 18.3 Å². The molecule has 98 valence electrons. The standard InChI is InChI=1S/C11H19NO4S/c13-10(14)11(6-2-1-3-7-11)12-8-4-5-9-17(12,15)16/h1-9H2,(H,13,14). The van der Waals surface area contributed by atoms with E-state index in [4.69, 9.17) is 0 Å². The first-order valence-corrected chi connectivity index (χ1v) is 7.84. The van der Waals surface area contributed by atoms with Crippen molar-refractivity contribution in [2.75, 3.05) is 12.3 Å². The van der Waals surface area contributed by atoms with E-state index in [0.29, 0.717) is 25.8 Å². The van der Waals surface area contributed by atoms with Crippen molar-refractivity contribution in [2.45, 2.75) is 50.5 Å². The quantitative estimate of drug-likeness (QED) is 0.810. The van der Waals surface area contributed by atoms with Crippen molar-refractivity contribution in [3.8, 4) is 0 Å². The average Bonchev–Trinajstić information content (AvgIpc) is 2.29. The zero-order chi connectivity index (χ0) is 12.5. The van der Waals surface area contributed by atoms with Crippen LogP contribution in [0.25, 0.3) is 0 Å². The van der Waals surface area contributed by atoms with E-state index in [2.05, 4.69) is 0 Å². The fourth-order valence-corrected chi connectivity index (χ4v) is 4.97. The van der Waals surface area contributed by atoms with Crippen LogP contribution in [0.3, 0.4) is 0 Å². The molecule has 5 nitrogen and oxygen atoms in total. The van der Waals surface area contributed by atoms with Crippen molar-refractivity contribution in [1.82, 2.24) is 4.31 Å². The minimum Gasteiger partial charge on any atom is -0.480 e. The Kier molecular flexibility index (Phi) is 3.45.